The molecule has 4 rings (SSSR count). The van der Waals surface area contributed by atoms with E-state index in [1.807, 2.05) is 30.3 Å². The van der Waals surface area contributed by atoms with Crippen LogP contribution >= 0.6 is 12.2 Å². The number of methoxy groups -OCH3 is 3. The van der Waals surface area contributed by atoms with Crippen LogP contribution in [0.3, 0.4) is 0 Å². The van der Waals surface area contributed by atoms with E-state index in [4.69, 9.17) is 45.4 Å². The summed E-state index contributed by atoms with van der Waals surface area (Å²) in [5, 5.41) is -0.0965. The summed E-state index contributed by atoms with van der Waals surface area (Å²) in [5.74, 6) is 0.881. The Hall–Kier alpha value is -2.55. The van der Waals surface area contributed by atoms with E-state index in [2.05, 4.69) is 0 Å². The van der Waals surface area contributed by atoms with E-state index in [1.165, 1.54) is 7.11 Å². The molecule has 1 saturated carbocycles. The minimum absolute atomic E-state index is 0.0965. The molecule has 154 valence electrons. The fourth-order valence-electron chi connectivity index (χ4n) is 3.77. The molecular formula is C21H22O7S. The fourth-order valence-corrected chi connectivity index (χ4v) is 4.00. The molecule has 2 aliphatic rings. The van der Waals surface area contributed by atoms with E-state index in [9.17, 15) is 0 Å². The molecule has 0 aromatic heterocycles. The van der Waals surface area contributed by atoms with Crippen LogP contribution in [0, 0.1) is 0 Å². The second-order valence-corrected chi connectivity index (χ2v) is 6.97. The first-order chi connectivity index (χ1) is 14.1. The average molecular weight is 418 g/mol. The van der Waals surface area contributed by atoms with Crippen LogP contribution in [-0.2, 0) is 14.2 Å². The molecule has 0 bridgehead atoms. The van der Waals surface area contributed by atoms with Crippen LogP contribution in [0.1, 0.15) is 6.42 Å². The fraction of sp³-hybridized carbons (Fsp3) is 0.381. The van der Waals surface area contributed by atoms with E-state index in [-0.39, 0.29) is 11.3 Å². The van der Waals surface area contributed by atoms with Crippen molar-refractivity contribution in [2.45, 2.75) is 30.5 Å². The first-order valence-electron chi connectivity index (χ1n) is 9.15. The lowest BCUT2D eigenvalue weighted by molar-refractivity contribution is -0.266. The topological polar surface area (TPSA) is 64.6 Å². The highest BCUT2D eigenvalue weighted by molar-refractivity contribution is 7.79. The number of fused-ring (bicyclic) bond motifs is 2. The quantitative estimate of drug-likeness (QED) is 0.541. The van der Waals surface area contributed by atoms with Crippen LogP contribution in [0.15, 0.2) is 48.5 Å². The summed E-state index contributed by atoms with van der Waals surface area (Å²) in [6, 6.07) is 14.6. The third-order valence-electron chi connectivity index (χ3n) is 5.11. The Morgan fingerprint density at radius 2 is 1.83 bits per heavy atom. The van der Waals surface area contributed by atoms with Gasteiger partial charge in [-0.05, 0) is 24.3 Å². The first kappa shape index (κ1) is 19.8. The lowest BCUT2D eigenvalue weighted by Gasteiger charge is -2.39. The third-order valence-corrected chi connectivity index (χ3v) is 5.27. The van der Waals surface area contributed by atoms with Gasteiger partial charge in [0, 0.05) is 32.9 Å². The minimum Gasteiger partial charge on any atom is -0.493 e. The molecule has 3 unspecified atom stereocenters. The molecule has 1 heterocycles. The maximum absolute atomic E-state index is 6.24. The van der Waals surface area contributed by atoms with Crippen LogP contribution in [0.2, 0.25) is 0 Å². The molecule has 8 heteroatoms. The van der Waals surface area contributed by atoms with E-state index in [0.29, 0.717) is 29.4 Å². The number of rotatable bonds is 5. The largest absolute Gasteiger partial charge is 0.493 e. The molecular weight excluding hydrogens is 396 g/mol. The summed E-state index contributed by atoms with van der Waals surface area (Å²) >= 11 is 5.33. The smallest absolute Gasteiger partial charge is 0.360 e. The van der Waals surface area contributed by atoms with Crippen molar-refractivity contribution in [1.29, 1.82) is 0 Å². The molecule has 2 aromatic carbocycles. The van der Waals surface area contributed by atoms with Crippen molar-refractivity contribution in [1.82, 2.24) is 0 Å². The molecule has 7 nitrogen and oxygen atoms in total. The highest BCUT2D eigenvalue weighted by Crippen LogP contribution is 2.49. The van der Waals surface area contributed by atoms with Gasteiger partial charge in [0.15, 0.2) is 11.5 Å². The van der Waals surface area contributed by atoms with Gasteiger partial charge in [0.2, 0.25) is 11.9 Å². The number of ether oxygens (including phenoxy) is 7. The van der Waals surface area contributed by atoms with Gasteiger partial charge in [-0.2, -0.15) is 0 Å². The predicted molar refractivity (Wildman–Crippen MR) is 108 cm³/mol. The zero-order valence-electron chi connectivity index (χ0n) is 16.3. The predicted octanol–water partition coefficient (Wildman–Crippen LogP) is 3.35. The van der Waals surface area contributed by atoms with Crippen LogP contribution in [0.25, 0.3) is 0 Å². The third kappa shape index (κ3) is 3.48. The van der Waals surface area contributed by atoms with Crippen molar-refractivity contribution in [3.63, 3.8) is 0 Å². The lowest BCUT2D eigenvalue weighted by Crippen LogP contribution is -2.57. The second-order valence-electron chi connectivity index (χ2n) is 6.64. The van der Waals surface area contributed by atoms with Crippen molar-refractivity contribution < 1.29 is 33.2 Å². The molecule has 1 aliphatic carbocycles. The maximum Gasteiger partial charge on any atom is 0.360 e. The van der Waals surface area contributed by atoms with E-state index in [1.54, 1.807) is 32.4 Å². The van der Waals surface area contributed by atoms with Crippen molar-refractivity contribution in [3.05, 3.63) is 48.5 Å². The van der Waals surface area contributed by atoms with E-state index in [0.717, 1.165) is 0 Å². The minimum atomic E-state index is -1.34. The molecule has 2 aromatic rings. The highest BCUT2D eigenvalue weighted by atomic mass is 32.1. The number of para-hydroxylation sites is 2. The summed E-state index contributed by atoms with van der Waals surface area (Å²) in [7, 11) is 4.68. The maximum atomic E-state index is 6.24. The number of thiocarbonyl (C=S) groups is 1. The van der Waals surface area contributed by atoms with Crippen LogP contribution in [0.4, 0.5) is 0 Å². The van der Waals surface area contributed by atoms with Crippen molar-refractivity contribution in [3.8, 4) is 23.0 Å². The molecule has 4 atom stereocenters. The molecule has 0 spiro atoms. The Morgan fingerprint density at radius 3 is 2.52 bits per heavy atom. The number of hydrogen-bond donors (Lipinski definition) is 0. The van der Waals surface area contributed by atoms with Gasteiger partial charge in [-0.3, -0.25) is 0 Å². The monoisotopic (exact) mass is 418 g/mol. The Morgan fingerprint density at radius 1 is 1.03 bits per heavy atom. The molecule has 29 heavy (non-hydrogen) atoms. The summed E-state index contributed by atoms with van der Waals surface area (Å²) in [4.78, 5) is 0. The Kier molecular flexibility index (Phi) is 5.49. The van der Waals surface area contributed by atoms with Gasteiger partial charge in [-0.25, -0.2) is 0 Å². The second kappa shape index (κ2) is 8.06. The summed E-state index contributed by atoms with van der Waals surface area (Å²) in [6.45, 7) is 0. The Bertz CT molecular complexity index is 875. The molecule has 0 radical (unpaired) electrons. The number of hydrogen-bond acceptors (Lipinski definition) is 8. The van der Waals surface area contributed by atoms with E-state index >= 15 is 0 Å². The standard InChI is InChI=1S/C21H22O7S/c1-22-14-10-7-11-15-18(14)26-16-12-17(23-2)21(24-3,19(16)27-15)28-20(29)25-13-8-5-4-6-9-13/h4-11,16-17,19H,12H2,1-3H3/t16?,17?,19-,21?/m1/s1. The van der Waals surface area contributed by atoms with Crippen LogP contribution in [-0.4, -0.2) is 50.7 Å². The molecule has 0 amide bonds. The molecule has 1 fully saturated rings. The summed E-state index contributed by atoms with van der Waals surface area (Å²) < 4.78 is 40.9. The van der Waals surface area contributed by atoms with Gasteiger partial charge in [-0.1, -0.05) is 24.3 Å². The van der Waals surface area contributed by atoms with Gasteiger partial charge < -0.3 is 33.2 Å². The summed E-state index contributed by atoms with van der Waals surface area (Å²) in [6.07, 6.45) is -1.04. The molecule has 1 aliphatic heterocycles. The van der Waals surface area contributed by atoms with Gasteiger partial charge >= 0.3 is 5.24 Å². The molecule has 0 N–H and O–H groups in total. The average Bonchev–Trinajstić information content (AvgIpc) is 3.05. The van der Waals surface area contributed by atoms with Crippen LogP contribution < -0.4 is 18.9 Å². The van der Waals surface area contributed by atoms with Crippen molar-refractivity contribution in [2.24, 2.45) is 0 Å². The Balaban J connectivity index is 1.62. The number of benzene rings is 2. The Labute approximate surface area is 174 Å². The van der Waals surface area contributed by atoms with Crippen molar-refractivity contribution in [2.75, 3.05) is 21.3 Å². The SMILES string of the molecule is COc1cccc2c1OC1CC(OC)C(OC)(OC(=S)Oc3ccccc3)[C@@H]1O2. The van der Waals surface area contributed by atoms with Gasteiger partial charge in [0.05, 0.1) is 7.11 Å². The zero-order chi connectivity index (χ0) is 20.4. The normalized spacial score (nSPS) is 27.1. The summed E-state index contributed by atoms with van der Waals surface area (Å²) in [5.41, 5.74) is 0. The molecule has 0 saturated heterocycles. The zero-order valence-corrected chi connectivity index (χ0v) is 17.1. The van der Waals surface area contributed by atoms with Gasteiger partial charge in [0.25, 0.3) is 5.79 Å². The highest BCUT2D eigenvalue weighted by Gasteiger charge is 2.64. The van der Waals surface area contributed by atoms with Gasteiger partial charge in [0.1, 0.15) is 18.0 Å². The van der Waals surface area contributed by atoms with Crippen LogP contribution in [0.5, 0.6) is 23.0 Å². The lowest BCUT2D eigenvalue weighted by atomic mass is 10.1. The first-order valence-corrected chi connectivity index (χ1v) is 9.56. The van der Waals surface area contributed by atoms with Crippen molar-refractivity contribution >= 4 is 17.5 Å². The van der Waals surface area contributed by atoms with Gasteiger partial charge in [-0.15, -0.1) is 0 Å². The van der Waals surface area contributed by atoms with E-state index < -0.39 is 18.0 Å².